The van der Waals surface area contributed by atoms with Crippen LogP contribution in [0.25, 0.3) is 0 Å². The lowest BCUT2D eigenvalue weighted by atomic mass is 9.99. The van der Waals surface area contributed by atoms with Crippen molar-refractivity contribution in [3.05, 3.63) is 11.8 Å². The summed E-state index contributed by atoms with van der Waals surface area (Å²) in [5, 5.41) is 0.186. The van der Waals surface area contributed by atoms with Crippen LogP contribution in [0.15, 0.2) is 6.20 Å². The van der Waals surface area contributed by atoms with Crippen molar-refractivity contribution in [2.75, 3.05) is 13.7 Å². The monoisotopic (exact) mass is 381 g/mol. The lowest BCUT2D eigenvalue weighted by molar-refractivity contribution is -0.769. The number of fused-ring (bicyclic) bond motifs is 4. The summed E-state index contributed by atoms with van der Waals surface area (Å²) in [5.41, 5.74) is 0.967. The molecule has 2 bridgehead atoms. The van der Waals surface area contributed by atoms with Gasteiger partial charge in [-0.2, -0.15) is 4.57 Å². The molecule has 0 N–H and O–H groups in total. The highest BCUT2D eigenvalue weighted by atomic mass is 28.4. The van der Waals surface area contributed by atoms with E-state index in [-0.39, 0.29) is 23.5 Å². The Balaban J connectivity index is 1.71. The molecule has 0 amide bonds. The lowest BCUT2D eigenvalue weighted by Gasteiger charge is -2.43. The topological polar surface area (TPSA) is 53.7 Å². The molecule has 3 heterocycles. The van der Waals surface area contributed by atoms with E-state index < -0.39 is 8.32 Å². The Bertz CT molecular complexity index is 678. The standard InChI is InChI=1S/C19H33N2O4Si/c1-12(2)19(4,5)26(7,8)23-11-15-14-9-16(24-15)21-10-13(3)17(22-6)20-18(21)25-14/h10,12,14-16H,9,11H2,1-8H3/q+1/t14-,15-,16-/m1/s1. The predicted octanol–water partition coefficient (Wildman–Crippen LogP) is 3.39. The second-order valence-electron chi connectivity index (χ2n) is 8.84. The van der Waals surface area contributed by atoms with E-state index in [1.807, 2.05) is 17.7 Å². The van der Waals surface area contributed by atoms with Crippen molar-refractivity contribution in [3.63, 3.8) is 0 Å². The third kappa shape index (κ3) is 3.25. The Morgan fingerprint density at radius 1 is 1.38 bits per heavy atom. The van der Waals surface area contributed by atoms with Gasteiger partial charge in [-0.1, -0.05) is 27.7 Å². The quantitative estimate of drug-likeness (QED) is 0.558. The summed E-state index contributed by atoms with van der Waals surface area (Å²) in [6.07, 6.45) is 2.69. The summed E-state index contributed by atoms with van der Waals surface area (Å²) in [6.45, 7) is 16.3. The van der Waals surface area contributed by atoms with Crippen molar-refractivity contribution in [1.82, 2.24) is 4.98 Å². The van der Waals surface area contributed by atoms with Gasteiger partial charge in [0.15, 0.2) is 8.32 Å². The van der Waals surface area contributed by atoms with Crippen LogP contribution in [0.1, 0.15) is 45.9 Å². The van der Waals surface area contributed by atoms with E-state index >= 15 is 0 Å². The van der Waals surface area contributed by atoms with Crippen LogP contribution in [-0.4, -0.2) is 39.2 Å². The predicted molar refractivity (Wildman–Crippen MR) is 101 cm³/mol. The summed E-state index contributed by atoms with van der Waals surface area (Å²) in [5.74, 6) is 1.17. The van der Waals surface area contributed by atoms with Crippen LogP contribution in [0, 0.1) is 12.8 Å². The minimum Gasteiger partial charge on any atom is -0.462 e. The minimum atomic E-state index is -1.89. The van der Waals surface area contributed by atoms with Gasteiger partial charge in [-0.25, -0.2) is 0 Å². The van der Waals surface area contributed by atoms with E-state index in [0.717, 1.165) is 12.0 Å². The molecule has 0 aromatic carbocycles. The highest BCUT2D eigenvalue weighted by molar-refractivity contribution is 6.74. The highest BCUT2D eigenvalue weighted by Gasteiger charge is 2.50. The van der Waals surface area contributed by atoms with E-state index in [2.05, 4.69) is 45.8 Å². The molecule has 1 saturated heterocycles. The highest BCUT2D eigenvalue weighted by Crippen LogP contribution is 2.45. The summed E-state index contributed by atoms with van der Waals surface area (Å²) in [6, 6.07) is 0.565. The number of ether oxygens (including phenoxy) is 3. The van der Waals surface area contributed by atoms with Crippen molar-refractivity contribution < 1.29 is 23.2 Å². The summed E-state index contributed by atoms with van der Waals surface area (Å²) >= 11 is 0. The number of rotatable bonds is 6. The largest absolute Gasteiger partial charge is 0.504 e. The molecule has 3 atom stereocenters. The van der Waals surface area contributed by atoms with Gasteiger partial charge in [-0.3, -0.25) is 0 Å². The van der Waals surface area contributed by atoms with Crippen LogP contribution in [0.2, 0.25) is 18.1 Å². The zero-order valence-electron chi connectivity index (χ0n) is 17.3. The van der Waals surface area contributed by atoms with Crippen molar-refractivity contribution in [2.24, 2.45) is 5.92 Å². The van der Waals surface area contributed by atoms with Crippen LogP contribution >= 0.6 is 0 Å². The molecule has 0 unspecified atom stereocenters. The van der Waals surface area contributed by atoms with Crippen LogP contribution in [0.4, 0.5) is 0 Å². The Morgan fingerprint density at radius 2 is 2.08 bits per heavy atom. The molecule has 1 aromatic heterocycles. The molecule has 6 nitrogen and oxygen atoms in total. The molecular formula is C19H33N2O4Si+. The first kappa shape index (κ1) is 19.6. The van der Waals surface area contributed by atoms with Gasteiger partial charge in [0.25, 0.3) is 0 Å². The summed E-state index contributed by atoms with van der Waals surface area (Å²) < 4.78 is 26.2. The van der Waals surface area contributed by atoms with Gasteiger partial charge in [-0.15, -0.1) is 0 Å². The second kappa shape index (κ2) is 6.76. The molecule has 26 heavy (non-hydrogen) atoms. The number of hydrogen-bond donors (Lipinski definition) is 0. The minimum absolute atomic E-state index is 0.0214. The molecule has 0 spiro atoms. The maximum Gasteiger partial charge on any atom is 0.504 e. The van der Waals surface area contributed by atoms with Gasteiger partial charge in [0.2, 0.25) is 6.23 Å². The zero-order valence-corrected chi connectivity index (χ0v) is 18.3. The Kier molecular flexibility index (Phi) is 5.09. The maximum atomic E-state index is 6.49. The number of methoxy groups -OCH3 is 1. The molecule has 2 aliphatic heterocycles. The molecule has 1 aromatic rings. The van der Waals surface area contributed by atoms with E-state index in [9.17, 15) is 0 Å². The van der Waals surface area contributed by atoms with Crippen molar-refractivity contribution >= 4 is 8.32 Å². The maximum absolute atomic E-state index is 6.49. The fourth-order valence-corrected chi connectivity index (χ4v) is 5.85. The first-order valence-corrected chi connectivity index (χ1v) is 12.4. The first-order valence-electron chi connectivity index (χ1n) is 9.49. The van der Waals surface area contributed by atoms with Gasteiger partial charge in [-0.05, 0) is 31.0 Å². The summed E-state index contributed by atoms with van der Waals surface area (Å²) in [7, 11) is -0.262. The molecule has 0 radical (unpaired) electrons. The molecule has 0 saturated carbocycles. The van der Waals surface area contributed by atoms with Crippen molar-refractivity contribution in [2.45, 2.75) is 77.6 Å². The SMILES string of the molecule is COc1nc2[n+](cc1C)[C@H]1C[C@@H](O2)[C@@H](CO[Si](C)(C)C(C)(C)C(C)C)O1. The molecular weight excluding hydrogens is 348 g/mol. The van der Waals surface area contributed by atoms with E-state index in [0.29, 0.717) is 24.4 Å². The normalized spacial score (nSPS) is 25.2. The van der Waals surface area contributed by atoms with Gasteiger partial charge in [0.05, 0.1) is 25.7 Å². The van der Waals surface area contributed by atoms with Crippen molar-refractivity contribution in [1.29, 1.82) is 0 Å². The zero-order chi connectivity index (χ0) is 19.3. The number of aromatic nitrogens is 2. The molecule has 1 fully saturated rings. The number of nitrogens with zero attached hydrogens (tertiary/aromatic N) is 2. The Hall–Kier alpha value is -1.18. The van der Waals surface area contributed by atoms with E-state index in [1.54, 1.807) is 7.11 Å². The molecule has 146 valence electrons. The van der Waals surface area contributed by atoms with Crippen LogP contribution in [0.3, 0.4) is 0 Å². The fourth-order valence-electron chi connectivity index (χ4n) is 3.50. The van der Waals surface area contributed by atoms with Crippen LogP contribution in [-0.2, 0) is 9.16 Å². The smallest absolute Gasteiger partial charge is 0.462 e. The van der Waals surface area contributed by atoms with Gasteiger partial charge in [0.1, 0.15) is 18.4 Å². The third-order valence-electron chi connectivity index (χ3n) is 6.63. The molecule has 2 aliphatic rings. The van der Waals surface area contributed by atoms with E-state index in [4.69, 9.17) is 18.6 Å². The van der Waals surface area contributed by atoms with Crippen LogP contribution < -0.4 is 14.0 Å². The van der Waals surface area contributed by atoms with Gasteiger partial charge < -0.3 is 18.6 Å². The fraction of sp³-hybridized carbons (Fsp3) is 0.789. The number of aryl methyl sites for hydroxylation is 1. The molecule has 7 heteroatoms. The third-order valence-corrected chi connectivity index (χ3v) is 11.2. The van der Waals surface area contributed by atoms with Crippen molar-refractivity contribution in [3.8, 4) is 11.9 Å². The van der Waals surface area contributed by atoms with Gasteiger partial charge in [0, 0.05) is 4.98 Å². The molecule has 3 rings (SSSR count). The molecule has 0 aliphatic carbocycles. The average Bonchev–Trinajstić information content (AvgIpc) is 2.90. The van der Waals surface area contributed by atoms with Gasteiger partial charge >= 0.3 is 11.9 Å². The average molecular weight is 382 g/mol. The van der Waals surface area contributed by atoms with Crippen LogP contribution in [0.5, 0.6) is 11.9 Å². The first-order chi connectivity index (χ1) is 12.1. The second-order valence-corrected chi connectivity index (χ2v) is 13.4. The lowest BCUT2D eigenvalue weighted by Crippen LogP contribution is -2.48. The number of hydrogen-bond acceptors (Lipinski definition) is 5. The Labute approximate surface area is 158 Å². The summed E-state index contributed by atoms with van der Waals surface area (Å²) in [4.78, 5) is 4.48. The van der Waals surface area contributed by atoms with E-state index in [1.165, 1.54) is 0 Å². The Morgan fingerprint density at radius 3 is 2.69 bits per heavy atom.